The van der Waals surface area contributed by atoms with Gasteiger partial charge in [0.2, 0.25) is 17.0 Å². The van der Waals surface area contributed by atoms with E-state index < -0.39 is 0 Å². The number of nitrogens with one attached hydrogen (secondary N) is 2. The Kier molecular flexibility index (Phi) is 5.21. The van der Waals surface area contributed by atoms with Gasteiger partial charge in [0.15, 0.2) is 0 Å². The van der Waals surface area contributed by atoms with Crippen LogP contribution < -0.4 is 11.1 Å². The van der Waals surface area contributed by atoms with E-state index in [1.807, 2.05) is 19.1 Å². The highest BCUT2D eigenvalue weighted by Gasteiger charge is 2.11. The molecule has 7 heteroatoms. The van der Waals surface area contributed by atoms with E-state index in [0.717, 1.165) is 12.0 Å². The number of thioether (sulfide) groups is 1. The van der Waals surface area contributed by atoms with E-state index in [4.69, 9.17) is 5.73 Å². The fourth-order valence-electron chi connectivity index (χ4n) is 1.86. The molecule has 21 heavy (non-hydrogen) atoms. The third-order valence-corrected chi connectivity index (χ3v) is 3.93. The molecule has 0 fully saturated rings. The van der Waals surface area contributed by atoms with Gasteiger partial charge in [0, 0.05) is 0 Å². The molecule has 0 aliphatic heterocycles. The summed E-state index contributed by atoms with van der Waals surface area (Å²) < 4.78 is 0. The van der Waals surface area contributed by atoms with E-state index in [2.05, 4.69) is 39.6 Å². The number of H-pyrrole nitrogens is 1. The normalized spacial score (nSPS) is 12.1. The Morgan fingerprint density at radius 1 is 1.43 bits per heavy atom. The van der Waals surface area contributed by atoms with Gasteiger partial charge in [-0.2, -0.15) is 4.98 Å². The molecule has 0 radical (unpaired) electrons. The minimum Gasteiger partial charge on any atom is -0.368 e. The maximum Gasteiger partial charge on any atom is 0.230 e. The van der Waals surface area contributed by atoms with Crippen LogP contribution in [0.25, 0.3) is 0 Å². The number of aromatic nitrogens is 3. The number of rotatable bonds is 6. The van der Waals surface area contributed by atoms with Crippen LogP contribution in [0, 0.1) is 0 Å². The fourth-order valence-corrected chi connectivity index (χ4v) is 2.48. The molecule has 6 nitrogen and oxygen atoms in total. The van der Waals surface area contributed by atoms with Gasteiger partial charge in [0.05, 0.1) is 11.8 Å². The Bertz CT molecular complexity index is 596. The van der Waals surface area contributed by atoms with Gasteiger partial charge in [0.25, 0.3) is 0 Å². The lowest BCUT2D eigenvalue weighted by atomic mass is 10.1. The molecule has 1 amide bonds. The first kappa shape index (κ1) is 15.4. The summed E-state index contributed by atoms with van der Waals surface area (Å²) in [5, 5.41) is 9.83. The first-order valence-electron chi connectivity index (χ1n) is 6.77. The first-order chi connectivity index (χ1) is 10.1. The predicted octanol–water partition coefficient (Wildman–Crippen LogP) is 1.92. The first-order valence-corrected chi connectivity index (χ1v) is 7.76. The van der Waals surface area contributed by atoms with Gasteiger partial charge < -0.3 is 11.1 Å². The predicted molar refractivity (Wildman–Crippen MR) is 83.9 cm³/mol. The van der Waals surface area contributed by atoms with Crippen molar-refractivity contribution in [3.63, 3.8) is 0 Å². The summed E-state index contributed by atoms with van der Waals surface area (Å²) in [6, 6.07) is 8.24. The van der Waals surface area contributed by atoms with Crippen LogP contribution in [0.3, 0.4) is 0 Å². The molecule has 4 N–H and O–H groups in total. The lowest BCUT2D eigenvalue weighted by Gasteiger charge is -2.14. The zero-order chi connectivity index (χ0) is 15.2. The van der Waals surface area contributed by atoms with Gasteiger partial charge in [0.1, 0.15) is 0 Å². The molecule has 0 bridgehead atoms. The third kappa shape index (κ3) is 4.49. The van der Waals surface area contributed by atoms with Gasteiger partial charge in [-0.05, 0) is 24.5 Å². The average molecular weight is 305 g/mol. The second-order valence-electron chi connectivity index (χ2n) is 4.68. The summed E-state index contributed by atoms with van der Waals surface area (Å²) in [5.41, 5.74) is 7.80. The van der Waals surface area contributed by atoms with Crippen LogP contribution in [0.2, 0.25) is 0 Å². The van der Waals surface area contributed by atoms with Gasteiger partial charge in [-0.1, -0.05) is 43.0 Å². The monoisotopic (exact) mass is 305 g/mol. The largest absolute Gasteiger partial charge is 0.368 e. The Balaban J connectivity index is 1.83. The van der Waals surface area contributed by atoms with E-state index in [1.165, 1.54) is 17.3 Å². The number of aryl methyl sites for hydroxylation is 1. The summed E-state index contributed by atoms with van der Waals surface area (Å²) in [6.07, 6.45) is 1.01. The maximum absolute atomic E-state index is 11.9. The number of benzene rings is 1. The topological polar surface area (TPSA) is 96.7 Å². The van der Waals surface area contributed by atoms with E-state index in [9.17, 15) is 4.79 Å². The summed E-state index contributed by atoms with van der Waals surface area (Å²) in [7, 11) is 0. The van der Waals surface area contributed by atoms with Crippen LogP contribution in [0.4, 0.5) is 5.95 Å². The minimum atomic E-state index is -0.0598. The van der Waals surface area contributed by atoms with Crippen molar-refractivity contribution in [1.82, 2.24) is 20.5 Å². The Labute approximate surface area is 127 Å². The molecule has 112 valence electrons. The summed E-state index contributed by atoms with van der Waals surface area (Å²) in [6.45, 7) is 4.08. The van der Waals surface area contributed by atoms with Crippen LogP contribution in [-0.4, -0.2) is 26.8 Å². The number of carbonyl (C=O) groups is 1. The molecule has 1 aromatic carbocycles. The van der Waals surface area contributed by atoms with E-state index >= 15 is 0 Å². The third-order valence-electron chi connectivity index (χ3n) is 3.08. The highest BCUT2D eigenvalue weighted by atomic mass is 32.2. The molecule has 0 saturated heterocycles. The van der Waals surface area contributed by atoms with Crippen molar-refractivity contribution < 1.29 is 4.79 Å². The number of nitrogens with two attached hydrogens (primary N) is 1. The smallest absolute Gasteiger partial charge is 0.230 e. The molecule has 0 aliphatic carbocycles. The molecule has 0 unspecified atom stereocenters. The van der Waals surface area contributed by atoms with Gasteiger partial charge in [-0.3, -0.25) is 4.79 Å². The van der Waals surface area contributed by atoms with Gasteiger partial charge in [-0.25, -0.2) is 5.10 Å². The van der Waals surface area contributed by atoms with Crippen LogP contribution in [0.15, 0.2) is 29.4 Å². The molecule has 2 rings (SSSR count). The van der Waals surface area contributed by atoms with Crippen molar-refractivity contribution >= 4 is 23.6 Å². The highest BCUT2D eigenvalue weighted by molar-refractivity contribution is 7.99. The molecular weight excluding hydrogens is 286 g/mol. The lowest BCUT2D eigenvalue weighted by molar-refractivity contribution is -0.119. The van der Waals surface area contributed by atoms with E-state index in [1.54, 1.807) is 0 Å². The second kappa shape index (κ2) is 7.12. The van der Waals surface area contributed by atoms with E-state index in [-0.39, 0.29) is 23.7 Å². The number of amides is 1. The Hall–Kier alpha value is -2.02. The zero-order valence-corrected chi connectivity index (χ0v) is 12.9. The van der Waals surface area contributed by atoms with Crippen molar-refractivity contribution in [2.45, 2.75) is 31.5 Å². The highest BCUT2D eigenvalue weighted by Crippen LogP contribution is 2.16. The molecule has 0 aliphatic rings. The zero-order valence-electron chi connectivity index (χ0n) is 12.1. The minimum absolute atomic E-state index is 0.0266. The van der Waals surface area contributed by atoms with Crippen molar-refractivity contribution in [2.75, 3.05) is 11.5 Å². The van der Waals surface area contributed by atoms with Crippen molar-refractivity contribution in [1.29, 1.82) is 0 Å². The van der Waals surface area contributed by atoms with Crippen LogP contribution in [0.5, 0.6) is 0 Å². The molecule has 1 atom stereocenters. The number of nitrogens with zero attached hydrogens (tertiary/aromatic N) is 2. The van der Waals surface area contributed by atoms with Crippen molar-refractivity contribution in [3.05, 3.63) is 35.4 Å². The molecule has 1 aromatic heterocycles. The van der Waals surface area contributed by atoms with Crippen LogP contribution in [0.1, 0.15) is 31.0 Å². The second-order valence-corrected chi connectivity index (χ2v) is 5.62. The Morgan fingerprint density at radius 3 is 2.71 bits per heavy atom. The number of hydrogen-bond donors (Lipinski definition) is 3. The molecule has 1 heterocycles. The standard InChI is InChI=1S/C14H19N5OS/c1-3-10-4-6-11(7-5-10)9(2)16-12(20)8-21-14-17-13(15)18-19-14/h4-7,9H,3,8H2,1-2H3,(H,16,20)(H3,15,17,18,19)/t9-/m0/s1. The number of nitrogen functional groups attached to an aromatic ring is 1. The maximum atomic E-state index is 11.9. The van der Waals surface area contributed by atoms with Crippen LogP contribution in [-0.2, 0) is 11.2 Å². The lowest BCUT2D eigenvalue weighted by Crippen LogP contribution is -2.28. The SMILES string of the molecule is CCc1ccc([C@H](C)NC(=O)CSc2n[nH]c(N)n2)cc1. The van der Waals surface area contributed by atoms with Gasteiger partial charge >= 0.3 is 0 Å². The van der Waals surface area contributed by atoms with Crippen molar-refractivity contribution in [2.24, 2.45) is 0 Å². The van der Waals surface area contributed by atoms with Crippen LogP contribution >= 0.6 is 11.8 Å². The van der Waals surface area contributed by atoms with Gasteiger partial charge in [-0.15, -0.1) is 5.10 Å². The number of anilines is 1. The molecule has 2 aromatic rings. The number of hydrogen-bond acceptors (Lipinski definition) is 5. The quantitative estimate of drug-likeness (QED) is 0.708. The molecule has 0 saturated carbocycles. The molecule has 0 spiro atoms. The molecular formula is C14H19N5OS. The summed E-state index contributed by atoms with van der Waals surface area (Å²) >= 11 is 1.25. The average Bonchev–Trinajstić information content (AvgIpc) is 2.91. The number of carbonyl (C=O) groups excluding carboxylic acids is 1. The number of aromatic amines is 1. The Morgan fingerprint density at radius 2 is 2.14 bits per heavy atom. The summed E-state index contributed by atoms with van der Waals surface area (Å²) in [4.78, 5) is 15.8. The summed E-state index contributed by atoms with van der Waals surface area (Å²) in [5.74, 6) is 0.451. The van der Waals surface area contributed by atoms with E-state index in [0.29, 0.717) is 5.16 Å². The fraction of sp³-hybridized carbons (Fsp3) is 0.357. The van der Waals surface area contributed by atoms with Crippen molar-refractivity contribution in [3.8, 4) is 0 Å².